The van der Waals surface area contributed by atoms with E-state index in [0.29, 0.717) is 0 Å². The molecule has 0 atom stereocenters. The Morgan fingerprint density at radius 1 is 0.207 bits per heavy atom. The first-order chi connectivity index (χ1) is 45.4. The molecule has 0 aliphatic heterocycles. The van der Waals surface area contributed by atoms with Crippen LogP contribution in [0.3, 0.4) is 0 Å². The minimum atomic E-state index is -0.123. The van der Waals surface area contributed by atoms with Crippen LogP contribution in [0.4, 0.5) is 0 Å². The largest absolute Gasteiger partial charge is 0.456 e. The van der Waals surface area contributed by atoms with Gasteiger partial charge in [0.25, 0.3) is 0 Å². The highest BCUT2D eigenvalue weighted by molar-refractivity contribution is 6.27. The van der Waals surface area contributed by atoms with E-state index in [-0.39, 0.29) is 5.41 Å². The second-order valence-corrected chi connectivity index (χ2v) is 25.8. The molecule has 0 fully saturated rings. The molecule has 0 N–H and O–H groups in total. The van der Waals surface area contributed by atoms with Crippen LogP contribution in [0.1, 0.15) is 25.0 Å². The molecule has 428 valence electrons. The molecule has 0 radical (unpaired) electrons. The van der Waals surface area contributed by atoms with Crippen LogP contribution in [0.15, 0.2) is 320 Å². The first-order valence-electron chi connectivity index (χ1n) is 32.1. The van der Waals surface area contributed by atoms with E-state index in [9.17, 15) is 0 Å². The summed E-state index contributed by atoms with van der Waals surface area (Å²) in [6, 6.07) is 116. The highest BCUT2D eigenvalue weighted by Gasteiger charge is 2.36. The van der Waals surface area contributed by atoms with Crippen molar-refractivity contribution in [3.63, 3.8) is 0 Å². The number of benzene rings is 18. The molecular formula is C91H58O. The number of hydrogen-bond donors (Lipinski definition) is 0. The second kappa shape index (κ2) is 20.2. The fourth-order valence-corrected chi connectivity index (χ4v) is 16.0. The molecule has 20 rings (SSSR count). The Balaban J connectivity index is 0.000000138. The summed E-state index contributed by atoms with van der Waals surface area (Å²) >= 11 is 0. The Morgan fingerprint density at radius 2 is 0.587 bits per heavy atom. The van der Waals surface area contributed by atoms with E-state index in [2.05, 4.69) is 317 Å². The van der Waals surface area contributed by atoms with E-state index in [4.69, 9.17) is 4.42 Å². The summed E-state index contributed by atoms with van der Waals surface area (Å²) in [5.74, 6) is 0. The average molecular weight is 1170 g/mol. The van der Waals surface area contributed by atoms with Gasteiger partial charge in [0.2, 0.25) is 0 Å². The third kappa shape index (κ3) is 7.98. The number of rotatable bonds is 6. The lowest BCUT2D eigenvalue weighted by Crippen LogP contribution is -2.15. The SMILES string of the molecule is CC1(C)c2cc(-c3ccc(-c4ccc5ccc6cccc7ccc4c5c67)cc3)ccc2-c2ccc(-c3ccc4ccc5cccc6ccc3c4c56)cc21.c1ccc(-c2ccc3c(-c4ccc5oc6ccccc6c5c4)c4ccccc4c(-c4ccccc4)c3c2)cc1. The average Bonchev–Trinajstić information content (AvgIpc) is 1.89. The Morgan fingerprint density at radius 3 is 1.21 bits per heavy atom. The van der Waals surface area contributed by atoms with Crippen molar-refractivity contribution in [2.75, 3.05) is 0 Å². The fraction of sp³-hybridized carbons (Fsp3) is 0.0330. The van der Waals surface area contributed by atoms with Gasteiger partial charge in [0.05, 0.1) is 0 Å². The van der Waals surface area contributed by atoms with Crippen molar-refractivity contribution in [2.24, 2.45) is 0 Å². The molecule has 0 saturated heterocycles. The molecule has 1 heteroatoms. The van der Waals surface area contributed by atoms with E-state index in [0.717, 1.165) is 21.9 Å². The van der Waals surface area contributed by atoms with Crippen molar-refractivity contribution in [1.29, 1.82) is 0 Å². The molecule has 0 saturated carbocycles. The standard InChI is InChI=1S/C53H34.C38H24O/c1-53(2)47-29-39(31-9-11-32(12-10-31)41-23-17-37-15-13-33-5-3-7-35-19-27-45(41)51(37)49(33)35)21-25-43(47)44-26-22-40(30-48(44)53)42-24-18-38-16-14-34-6-4-8-36-20-28-46(42)52(38)50(34)36;1-3-11-25(12-4-1)27-19-21-32-34(23-27)37(26-13-5-2-6-14-26)30-16-7-8-17-31(30)38(32)28-20-22-36-33(24-28)29-15-9-10-18-35(29)39-36/h3-30H,1-2H3;1-24H. The van der Waals surface area contributed by atoms with Gasteiger partial charge in [-0.2, -0.15) is 0 Å². The van der Waals surface area contributed by atoms with E-state index in [1.165, 1.54) is 175 Å². The van der Waals surface area contributed by atoms with Gasteiger partial charge >= 0.3 is 0 Å². The maximum absolute atomic E-state index is 6.16. The van der Waals surface area contributed by atoms with E-state index in [1.54, 1.807) is 0 Å². The number of fused-ring (bicyclic) bond motifs is 8. The molecule has 19 aromatic rings. The zero-order chi connectivity index (χ0) is 60.8. The Bertz CT molecular complexity index is 6150. The van der Waals surface area contributed by atoms with Crippen molar-refractivity contribution in [3.8, 4) is 77.9 Å². The van der Waals surface area contributed by atoms with Crippen molar-refractivity contribution in [1.82, 2.24) is 0 Å². The van der Waals surface area contributed by atoms with Gasteiger partial charge in [0.1, 0.15) is 11.2 Å². The third-order valence-corrected chi connectivity index (χ3v) is 20.4. The highest BCUT2D eigenvalue weighted by Crippen LogP contribution is 2.52. The summed E-state index contributed by atoms with van der Waals surface area (Å²) in [5, 5.41) is 23.3. The van der Waals surface area contributed by atoms with Crippen molar-refractivity contribution >= 4 is 108 Å². The zero-order valence-corrected chi connectivity index (χ0v) is 50.9. The molecule has 18 aromatic carbocycles. The third-order valence-electron chi connectivity index (χ3n) is 20.4. The summed E-state index contributed by atoms with van der Waals surface area (Å²) in [5.41, 5.74) is 22.2. The molecule has 0 unspecified atom stereocenters. The predicted molar refractivity (Wildman–Crippen MR) is 393 cm³/mol. The van der Waals surface area contributed by atoms with Crippen LogP contribution in [0.5, 0.6) is 0 Å². The van der Waals surface area contributed by atoms with Crippen LogP contribution >= 0.6 is 0 Å². The van der Waals surface area contributed by atoms with Crippen LogP contribution in [-0.4, -0.2) is 0 Å². The van der Waals surface area contributed by atoms with Gasteiger partial charge in [-0.1, -0.05) is 293 Å². The Hall–Kier alpha value is -11.6. The molecule has 0 spiro atoms. The lowest BCUT2D eigenvalue weighted by atomic mass is 9.80. The van der Waals surface area contributed by atoms with Gasteiger partial charge in [0, 0.05) is 16.2 Å². The first-order valence-corrected chi connectivity index (χ1v) is 32.1. The first kappa shape index (κ1) is 52.3. The molecule has 1 nitrogen and oxygen atoms in total. The topological polar surface area (TPSA) is 13.1 Å². The molecule has 0 bridgehead atoms. The van der Waals surface area contributed by atoms with E-state index in [1.807, 2.05) is 12.1 Å². The summed E-state index contributed by atoms with van der Waals surface area (Å²) in [7, 11) is 0. The van der Waals surface area contributed by atoms with Gasteiger partial charge in [-0.25, -0.2) is 0 Å². The number of furan rings is 1. The van der Waals surface area contributed by atoms with Gasteiger partial charge in [-0.3, -0.25) is 0 Å². The molecule has 1 aliphatic rings. The fourth-order valence-electron chi connectivity index (χ4n) is 16.0. The van der Waals surface area contributed by atoms with Crippen LogP contribution in [0.25, 0.3) is 186 Å². The predicted octanol–water partition coefficient (Wildman–Crippen LogP) is 25.7. The minimum Gasteiger partial charge on any atom is -0.456 e. The maximum atomic E-state index is 6.16. The number of para-hydroxylation sites is 1. The van der Waals surface area contributed by atoms with Crippen LogP contribution in [0, 0.1) is 0 Å². The lowest BCUT2D eigenvalue weighted by molar-refractivity contribution is 0.661. The molecule has 1 heterocycles. The smallest absolute Gasteiger partial charge is 0.135 e. The van der Waals surface area contributed by atoms with Crippen LogP contribution in [-0.2, 0) is 5.41 Å². The minimum absolute atomic E-state index is 0.123. The summed E-state index contributed by atoms with van der Waals surface area (Å²) < 4.78 is 6.16. The lowest BCUT2D eigenvalue weighted by Gasteiger charge is -2.23. The van der Waals surface area contributed by atoms with Gasteiger partial charge in [-0.05, 0) is 212 Å². The van der Waals surface area contributed by atoms with Crippen molar-refractivity contribution in [3.05, 3.63) is 327 Å². The van der Waals surface area contributed by atoms with Crippen LogP contribution < -0.4 is 0 Å². The van der Waals surface area contributed by atoms with Gasteiger partial charge in [0.15, 0.2) is 0 Å². The normalized spacial score (nSPS) is 12.8. The van der Waals surface area contributed by atoms with Crippen molar-refractivity contribution in [2.45, 2.75) is 19.3 Å². The van der Waals surface area contributed by atoms with E-state index >= 15 is 0 Å². The monoisotopic (exact) mass is 1170 g/mol. The quantitative estimate of drug-likeness (QED) is 0.119. The molecule has 1 aromatic heterocycles. The van der Waals surface area contributed by atoms with Gasteiger partial charge < -0.3 is 4.42 Å². The summed E-state index contributed by atoms with van der Waals surface area (Å²) in [6.07, 6.45) is 0. The molecule has 92 heavy (non-hydrogen) atoms. The zero-order valence-electron chi connectivity index (χ0n) is 50.9. The Labute approximate surface area is 533 Å². The van der Waals surface area contributed by atoms with Crippen molar-refractivity contribution < 1.29 is 4.42 Å². The summed E-state index contributed by atoms with van der Waals surface area (Å²) in [4.78, 5) is 0. The summed E-state index contributed by atoms with van der Waals surface area (Å²) in [6.45, 7) is 4.79. The molecule has 0 amide bonds. The highest BCUT2D eigenvalue weighted by atomic mass is 16.3. The number of hydrogen-bond acceptors (Lipinski definition) is 1. The Kier molecular flexibility index (Phi) is 11.5. The second-order valence-electron chi connectivity index (χ2n) is 25.8. The maximum Gasteiger partial charge on any atom is 0.135 e. The van der Waals surface area contributed by atoms with E-state index < -0.39 is 0 Å². The molecular weight excluding hydrogens is 1110 g/mol. The van der Waals surface area contributed by atoms with Gasteiger partial charge in [-0.15, -0.1) is 0 Å². The molecule has 1 aliphatic carbocycles. The van der Waals surface area contributed by atoms with Crippen LogP contribution in [0.2, 0.25) is 0 Å².